The highest BCUT2D eigenvalue weighted by atomic mass is 35.5. The number of rotatable bonds is 4. The summed E-state index contributed by atoms with van der Waals surface area (Å²) in [4.78, 5) is 24.6. The third-order valence-corrected chi connectivity index (χ3v) is 5.74. The lowest BCUT2D eigenvalue weighted by Gasteiger charge is -2.19. The summed E-state index contributed by atoms with van der Waals surface area (Å²) in [6, 6.07) is 11.1. The second kappa shape index (κ2) is 6.78. The van der Waals surface area contributed by atoms with Gasteiger partial charge in [0.25, 0.3) is 5.24 Å². The summed E-state index contributed by atoms with van der Waals surface area (Å²) in [5.74, 6) is -0.127. The van der Waals surface area contributed by atoms with Gasteiger partial charge in [-0.25, -0.2) is 0 Å². The number of amides is 2. The van der Waals surface area contributed by atoms with Crippen LogP contribution in [0, 0.1) is 0 Å². The molecule has 1 aliphatic heterocycles. The van der Waals surface area contributed by atoms with Crippen LogP contribution >= 0.6 is 35.0 Å². The van der Waals surface area contributed by atoms with Crippen molar-refractivity contribution in [2.24, 2.45) is 0 Å². The van der Waals surface area contributed by atoms with Crippen LogP contribution in [0.15, 0.2) is 36.4 Å². The van der Waals surface area contributed by atoms with Gasteiger partial charge in [-0.1, -0.05) is 35.0 Å². The highest BCUT2D eigenvalue weighted by Crippen LogP contribution is 2.33. The van der Waals surface area contributed by atoms with Crippen LogP contribution in [0.3, 0.4) is 0 Å². The average molecular weight is 409 g/mol. The molecule has 1 fully saturated rings. The predicted molar refractivity (Wildman–Crippen MR) is 105 cm³/mol. The number of β-amino-alcohol motifs (C(OH)–C–C–N with tert-alkyl or cyclic N) is 1. The molecule has 1 N–H and O–H groups in total. The zero-order valence-corrected chi connectivity index (χ0v) is 15.8. The molecule has 2 heterocycles. The quantitative estimate of drug-likeness (QED) is 0.703. The molecule has 5 nitrogen and oxygen atoms in total. The minimum Gasteiger partial charge on any atom is -0.389 e. The maximum Gasteiger partial charge on any atom is 0.288 e. The summed E-state index contributed by atoms with van der Waals surface area (Å²) < 4.78 is 1.96. The van der Waals surface area contributed by atoms with Gasteiger partial charge in [0, 0.05) is 31.9 Å². The highest BCUT2D eigenvalue weighted by Gasteiger charge is 2.31. The minimum atomic E-state index is -0.883. The summed E-state index contributed by atoms with van der Waals surface area (Å²) in [7, 11) is 0. The lowest BCUT2D eigenvalue weighted by molar-refractivity contribution is -0.125. The maximum absolute atomic E-state index is 11.8. The van der Waals surface area contributed by atoms with Crippen LogP contribution in [0.4, 0.5) is 4.79 Å². The van der Waals surface area contributed by atoms with Crippen LogP contribution in [0.2, 0.25) is 10.0 Å². The summed E-state index contributed by atoms with van der Waals surface area (Å²) in [6.07, 6.45) is -0.883. The highest BCUT2D eigenvalue weighted by molar-refractivity contribution is 8.14. The number of halogens is 2. The Morgan fingerprint density at radius 2 is 1.58 bits per heavy atom. The molecule has 1 aromatic heterocycles. The zero-order chi connectivity index (χ0) is 18.4. The van der Waals surface area contributed by atoms with Gasteiger partial charge < -0.3 is 9.67 Å². The van der Waals surface area contributed by atoms with Gasteiger partial charge in [-0.15, -0.1) is 0 Å². The second-order valence-corrected chi connectivity index (χ2v) is 7.95. The predicted octanol–water partition coefficient (Wildman–Crippen LogP) is 4.16. The van der Waals surface area contributed by atoms with E-state index in [-0.39, 0.29) is 30.0 Å². The Balaban J connectivity index is 1.73. The number of imide groups is 1. The van der Waals surface area contributed by atoms with Gasteiger partial charge in [0.1, 0.15) is 0 Å². The number of aliphatic hydroxyl groups is 1. The molecule has 134 valence electrons. The first-order chi connectivity index (χ1) is 12.4. The fraction of sp³-hybridized carbons (Fsp3) is 0.222. The molecule has 3 aromatic rings. The van der Waals surface area contributed by atoms with E-state index in [1.54, 1.807) is 12.1 Å². The third-order valence-electron chi connectivity index (χ3n) is 4.42. The molecule has 2 amide bonds. The first-order valence-corrected chi connectivity index (χ1v) is 9.70. The number of aromatic nitrogens is 1. The molecular formula is C18H14Cl2N2O3S. The second-order valence-electron chi connectivity index (χ2n) is 6.15. The van der Waals surface area contributed by atoms with E-state index in [0.29, 0.717) is 10.0 Å². The smallest absolute Gasteiger partial charge is 0.288 e. The average Bonchev–Trinajstić information content (AvgIpc) is 3.07. The molecule has 0 aliphatic carbocycles. The van der Waals surface area contributed by atoms with E-state index in [4.69, 9.17) is 23.2 Å². The van der Waals surface area contributed by atoms with Crippen molar-refractivity contribution in [3.63, 3.8) is 0 Å². The van der Waals surface area contributed by atoms with Gasteiger partial charge in [0.15, 0.2) is 0 Å². The summed E-state index contributed by atoms with van der Waals surface area (Å²) in [5.41, 5.74) is 1.80. The van der Waals surface area contributed by atoms with Crippen LogP contribution < -0.4 is 0 Å². The molecule has 4 rings (SSSR count). The van der Waals surface area contributed by atoms with Crippen LogP contribution in [0.5, 0.6) is 0 Å². The molecule has 0 spiro atoms. The first-order valence-electron chi connectivity index (χ1n) is 7.96. The van der Waals surface area contributed by atoms with Crippen LogP contribution in [0.25, 0.3) is 21.8 Å². The van der Waals surface area contributed by atoms with Gasteiger partial charge >= 0.3 is 0 Å². The normalized spacial score (nSPS) is 16.2. The number of benzene rings is 2. The molecule has 0 bridgehead atoms. The summed E-state index contributed by atoms with van der Waals surface area (Å²) in [5, 5.41) is 13.3. The molecule has 1 aliphatic rings. The number of fused-ring (bicyclic) bond motifs is 3. The van der Waals surface area contributed by atoms with Crippen molar-refractivity contribution in [2.75, 3.05) is 12.3 Å². The molecule has 0 unspecified atom stereocenters. The summed E-state index contributed by atoms with van der Waals surface area (Å²) >= 11 is 13.2. The van der Waals surface area contributed by atoms with Crippen molar-refractivity contribution in [3.05, 3.63) is 46.4 Å². The Morgan fingerprint density at radius 3 is 2.08 bits per heavy atom. The van der Waals surface area contributed by atoms with Crippen LogP contribution in [-0.4, -0.2) is 44.1 Å². The fourth-order valence-electron chi connectivity index (χ4n) is 3.28. The Labute approximate surface area is 163 Å². The Morgan fingerprint density at radius 1 is 1.00 bits per heavy atom. The van der Waals surface area contributed by atoms with E-state index < -0.39 is 6.10 Å². The van der Waals surface area contributed by atoms with Gasteiger partial charge in [-0.05, 0) is 36.4 Å². The maximum atomic E-state index is 11.8. The standard InChI is InChI=1S/C18H14Cl2N2O3S/c19-10-1-3-15-13(5-10)14-6-11(20)2-4-16(14)21(15)7-12(23)8-22-17(24)9-26-18(22)25/h1-6,12,23H,7-9H2/t12-/m1/s1. The Hall–Kier alpha value is -1.73. The molecule has 1 atom stereocenters. The number of hydrogen-bond donors (Lipinski definition) is 1. The lowest BCUT2D eigenvalue weighted by Crippen LogP contribution is -2.37. The number of carbonyl (C=O) groups excluding carboxylic acids is 2. The third kappa shape index (κ3) is 3.07. The fourth-order valence-corrected chi connectivity index (χ4v) is 4.36. The topological polar surface area (TPSA) is 62.5 Å². The molecule has 0 radical (unpaired) electrons. The summed E-state index contributed by atoms with van der Waals surface area (Å²) in [6.45, 7) is 0.220. The van der Waals surface area contributed by atoms with Gasteiger partial charge in [-0.3, -0.25) is 14.5 Å². The van der Waals surface area contributed by atoms with Gasteiger partial charge in [0.05, 0.1) is 24.9 Å². The van der Waals surface area contributed by atoms with E-state index in [9.17, 15) is 14.7 Å². The Bertz CT molecular complexity index is 975. The minimum absolute atomic E-state index is 0.0208. The van der Waals surface area contributed by atoms with Crippen molar-refractivity contribution in [3.8, 4) is 0 Å². The lowest BCUT2D eigenvalue weighted by atomic mass is 10.1. The van der Waals surface area contributed by atoms with E-state index in [1.807, 2.05) is 28.8 Å². The van der Waals surface area contributed by atoms with Crippen LogP contribution in [-0.2, 0) is 11.3 Å². The molecule has 0 saturated carbocycles. The van der Waals surface area contributed by atoms with Gasteiger partial charge in [0.2, 0.25) is 5.91 Å². The molecular weight excluding hydrogens is 395 g/mol. The zero-order valence-electron chi connectivity index (χ0n) is 13.5. The molecule has 2 aromatic carbocycles. The monoisotopic (exact) mass is 408 g/mol. The van der Waals surface area contributed by atoms with Crippen LogP contribution in [0.1, 0.15) is 0 Å². The number of aliphatic hydroxyl groups excluding tert-OH is 1. The number of hydrogen-bond acceptors (Lipinski definition) is 4. The molecule has 8 heteroatoms. The Kier molecular flexibility index (Phi) is 4.61. The largest absolute Gasteiger partial charge is 0.389 e. The molecule has 1 saturated heterocycles. The van der Waals surface area contributed by atoms with Crippen molar-refractivity contribution in [2.45, 2.75) is 12.6 Å². The number of thioether (sulfide) groups is 1. The van der Waals surface area contributed by atoms with E-state index >= 15 is 0 Å². The molecule has 26 heavy (non-hydrogen) atoms. The van der Waals surface area contributed by atoms with E-state index in [0.717, 1.165) is 38.5 Å². The van der Waals surface area contributed by atoms with Crippen molar-refractivity contribution in [1.82, 2.24) is 9.47 Å². The van der Waals surface area contributed by atoms with E-state index in [2.05, 4.69) is 0 Å². The van der Waals surface area contributed by atoms with Crippen molar-refractivity contribution in [1.29, 1.82) is 0 Å². The first kappa shape index (κ1) is 17.7. The van der Waals surface area contributed by atoms with Crippen molar-refractivity contribution >= 4 is 67.9 Å². The van der Waals surface area contributed by atoms with Crippen molar-refractivity contribution < 1.29 is 14.7 Å². The van der Waals surface area contributed by atoms with Gasteiger partial charge in [-0.2, -0.15) is 0 Å². The number of carbonyl (C=O) groups is 2. The SMILES string of the molecule is O=C1CSC(=O)N1C[C@H](O)Cn1c2ccc(Cl)cc2c2cc(Cl)ccc21. The number of nitrogens with zero attached hydrogens (tertiary/aromatic N) is 2. The van der Waals surface area contributed by atoms with E-state index in [1.165, 1.54) is 0 Å².